The third kappa shape index (κ3) is 5.37. The van der Waals surface area contributed by atoms with Crippen molar-refractivity contribution >= 4 is 0 Å². The van der Waals surface area contributed by atoms with Gasteiger partial charge in [0.25, 0.3) is 0 Å². The minimum atomic E-state index is -0.648. The van der Waals surface area contributed by atoms with Crippen LogP contribution in [0.5, 0.6) is 0 Å². The molecule has 31 heavy (non-hydrogen) atoms. The van der Waals surface area contributed by atoms with Crippen LogP contribution in [0.25, 0.3) is 0 Å². The smallest absolute Gasteiger partial charge is 0.0837 e. The molecule has 3 saturated carbocycles. The van der Waals surface area contributed by atoms with E-state index in [4.69, 9.17) is 0 Å². The van der Waals surface area contributed by atoms with Crippen molar-refractivity contribution in [1.29, 1.82) is 0 Å². The lowest BCUT2D eigenvalue weighted by atomic mass is 9.60. The molecule has 3 aliphatic rings. The van der Waals surface area contributed by atoms with Gasteiger partial charge in [0.05, 0.1) is 17.8 Å². The summed E-state index contributed by atoms with van der Waals surface area (Å²) in [6.07, 6.45) is 13.4. The first kappa shape index (κ1) is 24.7. The van der Waals surface area contributed by atoms with Crippen molar-refractivity contribution in [3.8, 4) is 0 Å². The SMILES string of the molecule is C=C1/C(=C/C=C2\CCCC3(C)C2CCC3[C@H](C)CCCC(C)(C)O)C[C@@H](O)[C@@H](C)[C@@H]1O. The van der Waals surface area contributed by atoms with E-state index >= 15 is 0 Å². The monoisotopic (exact) mass is 430 g/mol. The highest BCUT2D eigenvalue weighted by Gasteiger charge is 2.50. The molecule has 3 unspecified atom stereocenters. The van der Waals surface area contributed by atoms with E-state index < -0.39 is 17.8 Å². The molecule has 7 atom stereocenters. The topological polar surface area (TPSA) is 60.7 Å². The van der Waals surface area contributed by atoms with Gasteiger partial charge >= 0.3 is 0 Å². The van der Waals surface area contributed by atoms with Gasteiger partial charge in [-0.1, -0.05) is 57.9 Å². The molecule has 0 bridgehead atoms. The zero-order valence-corrected chi connectivity index (χ0v) is 20.5. The van der Waals surface area contributed by atoms with Crippen LogP contribution in [-0.4, -0.2) is 33.1 Å². The van der Waals surface area contributed by atoms with E-state index in [0.717, 1.165) is 36.3 Å². The summed E-state index contributed by atoms with van der Waals surface area (Å²) in [4.78, 5) is 0. The highest BCUT2D eigenvalue weighted by atomic mass is 16.3. The first-order valence-electron chi connectivity index (χ1n) is 12.6. The Kier molecular flexibility index (Phi) is 7.61. The number of allylic oxidation sites excluding steroid dienone is 3. The van der Waals surface area contributed by atoms with Crippen molar-refractivity contribution in [2.45, 2.75) is 110 Å². The van der Waals surface area contributed by atoms with Gasteiger partial charge in [-0.3, -0.25) is 0 Å². The number of aliphatic hydroxyl groups is 3. The Bertz CT molecular complexity index is 712. The summed E-state index contributed by atoms with van der Waals surface area (Å²) in [6, 6.07) is 0. The van der Waals surface area contributed by atoms with Gasteiger partial charge in [0.2, 0.25) is 0 Å². The van der Waals surface area contributed by atoms with Crippen LogP contribution in [-0.2, 0) is 0 Å². The van der Waals surface area contributed by atoms with E-state index in [1.165, 1.54) is 32.1 Å². The second kappa shape index (κ2) is 9.53. The van der Waals surface area contributed by atoms with Crippen molar-refractivity contribution in [1.82, 2.24) is 0 Å². The summed E-state index contributed by atoms with van der Waals surface area (Å²) in [6.45, 7) is 14.8. The number of aliphatic hydroxyl groups excluding tert-OH is 2. The fourth-order valence-electron chi connectivity index (χ4n) is 6.91. The van der Waals surface area contributed by atoms with Gasteiger partial charge < -0.3 is 15.3 Å². The number of hydrogen-bond donors (Lipinski definition) is 3. The lowest BCUT2D eigenvalue weighted by Gasteiger charge is -2.44. The highest BCUT2D eigenvalue weighted by Crippen LogP contribution is 2.60. The maximum absolute atomic E-state index is 10.4. The van der Waals surface area contributed by atoms with Gasteiger partial charge in [0.1, 0.15) is 0 Å². The molecular formula is C28H46O3. The third-order valence-corrected chi connectivity index (χ3v) is 8.97. The summed E-state index contributed by atoms with van der Waals surface area (Å²) < 4.78 is 0. The molecule has 0 spiro atoms. The van der Waals surface area contributed by atoms with Crippen LogP contribution in [0.15, 0.2) is 35.5 Å². The van der Waals surface area contributed by atoms with Gasteiger partial charge in [-0.15, -0.1) is 0 Å². The Hall–Kier alpha value is -0.900. The summed E-state index contributed by atoms with van der Waals surface area (Å²) in [5.74, 6) is 1.94. The van der Waals surface area contributed by atoms with Gasteiger partial charge in [-0.05, 0) is 93.1 Å². The normalized spacial score (nSPS) is 40.4. The predicted octanol–water partition coefficient (Wildman–Crippen LogP) is 5.95. The van der Waals surface area contributed by atoms with Crippen LogP contribution in [0.3, 0.4) is 0 Å². The van der Waals surface area contributed by atoms with Crippen molar-refractivity contribution in [3.63, 3.8) is 0 Å². The largest absolute Gasteiger partial charge is 0.392 e. The van der Waals surface area contributed by atoms with Crippen molar-refractivity contribution < 1.29 is 15.3 Å². The lowest BCUT2D eigenvalue weighted by molar-refractivity contribution is 0.0283. The standard InChI is InChI=1S/C28H46O3/c1-18(9-7-15-27(4,5)31)23-13-14-24-21(10-8-16-28(23,24)6)11-12-22-17-25(29)20(3)26(30)19(22)2/h11-12,18,20,23-26,29-31H,2,7-10,13-17H2,1,3-6H3/b21-11+,22-12+/t18-,20-,23?,24?,25-,26-,28?/m1/s1. The number of fused-ring (bicyclic) bond motifs is 1. The average molecular weight is 431 g/mol. The quantitative estimate of drug-likeness (QED) is 0.488. The highest BCUT2D eigenvalue weighted by molar-refractivity contribution is 5.39. The zero-order valence-electron chi connectivity index (χ0n) is 20.5. The molecule has 3 nitrogen and oxygen atoms in total. The molecule has 3 fully saturated rings. The van der Waals surface area contributed by atoms with Gasteiger partial charge in [0, 0.05) is 5.92 Å². The molecule has 176 valence electrons. The Balaban J connectivity index is 1.71. The molecule has 0 aromatic rings. The molecule has 0 radical (unpaired) electrons. The van der Waals surface area contributed by atoms with Crippen LogP contribution in [0.4, 0.5) is 0 Å². The second-order valence-corrected chi connectivity index (χ2v) is 11.8. The summed E-state index contributed by atoms with van der Waals surface area (Å²) >= 11 is 0. The van der Waals surface area contributed by atoms with Crippen LogP contribution < -0.4 is 0 Å². The Labute approximate surface area is 190 Å². The predicted molar refractivity (Wildman–Crippen MR) is 129 cm³/mol. The molecule has 0 saturated heterocycles. The van der Waals surface area contributed by atoms with E-state index in [-0.39, 0.29) is 5.92 Å². The van der Waals surface area contributed by atoms with Gasteiger partial charge in [0.15, 0.2) is 0 Å². The maximum Gasteiger partial charge on any atom is 0.0837 e. The minimum absolute atomic E-state index is 0.149. The Morgan fingerprint density at radius 3 is 2.61 bits per heavy atom. The molecule has 0 heterocycles. The minimum Gasteiger partial charge on any atom is -0.392 e. The van der Waals surface area contributed by atoms with E-state index in [1.54, 1.807) is 5.57 Å². The Morgan fingerprint density at radius 2 is 1.94 bits per heavy atom. The summed E-state index contributed by atoms with van der Waals surface area (Å²) in [5.41, 5.74) is 3.15. The van der Waals surface area contributed by atoms with Crippen LogP contribution in [0.1, 0.15) is 92.4 Å². The molecular weight excluding hydrogens is 384 g/mol. The second-order valence-electron chi connectivity index (χ2n) is 11.8. The van der Waals surface area contributed by atoms with Gasteiger partial charge in [-0.2, -0.15) is 0 Å². The molecule has 0 aromatic heterocycles. The number of hydrogen-bond acceptors (Lipinski definition) is 3. The molecule has 0 amide bonds. The average Bonchev–Trinajstić information content (AvgIpc) is 3.04. The van der Waals surface area contributed by atoms with E-state index in [1.807, 2.05) is 20.8 Å². The van der Waals surface area contributed by atoms with Crippen LogP contribution >= 0.6 is 0 Å². The van der Waals surface area contributed by atoms with Gasteiger partial charge in [-0.25, -0.2) is 0 Å². The Morgan fingerprint density at radius 1 is 1.23 bits per heavy atom. The first-order valence-corrected chi connectivity index (χ1v) is 12.6. The van der Waals surface area contributed by atoms with E-state index in [2.05, 4.69) is 32.6 Å². The third-order valence-electron chi connectivity index (χ3n) is 8.97. The van der Waals surface area contributed by atoms with Crippen molar-refractivity contribution in [2.75, 3.05) is 0 Å². The fourth-order valence-corrected chi connectivity index (χ4v) is 6.91. The fraction of sp³-hybridized carbons (Fsp3) is 0.786. The summed E-state index contributed by atoms with van der Waals surface area (Å²) in [5, 5.41) is 30.7. The zero-order chi connectivity index (χ0) is 23.0. The molecule has 3 N–H and O–H groups in total. The summed E-state index contributed by atoms with van der Waals surface area (Å²) in [7, 11) is 0. The molecule has 3 heteroatoms. The molecule has 3 rings (SSSR count). The first-order chi connectivity index (χ1) is 14.4. The lowest BCUT2D eigenvalue weighted by Crippen LogP contribution is -2.36. The van der Waals surface area contributed by atoms with E-state index in [9.17, 15) is 15.3 Å². The molecule has 3 aliphatic carbocycles. The van der Waals surface area contributed by atoms with Crippen LogP contribution in [0.2, 0.25) is 0 Å². The molecule has 0 aromatic carbocycles. The van der Waals surface area contributed by atoms with Crippen LogP contribution in [0, 0.1) is 29.1 Å². The number of rotatable bonds is 6. The maximum atomic E-state index is 10.4. The van der Waals surface area contributed by atoms with Crippen molar-refractivity contribution in [2.24, 2.45) is 29.1 Å². The molecule has 0 aliphatic heterocycles. The van der Waals surface area contributed by atoms with Crippen molar-refractivity contribution in [3.05, 3.63) is 35.5 Å². The van der Waals surface area contributed by atoms with E-state index in [0.29, 0.717) is 23.7 Å².